The first-order valence-electron chi connectivity index (χ1n) is 8.06. The molecule has 2 aliphatic rings. The van der Waals surface area contributed by atoms with Gasteiger partial charge in [0.05, 0.1) is 0 Å². The van der Waals surface area contributed by atoms with Gasteiger partial charge < -0.3 is 15.5 Å². The number of hydrogen-bond acceptors (Lipinski definition) is 4. The molecule has 2 rings (SSSR count). The largest absolute Gasteiger partial charge is 0.329 e. The lowest BCUT2D eigenvalue weighted by atomic mass is 9.86. The lowest BCUT2D eigenvalue weighted by Crippen LogP contribution is -2.59. The monoisotopic (exact) mass is 268 g/mol. The van der Waals surface area contributed by atoms with Crippen LogP contribution in [0.1, 0.15) is 32.6 Å². The first kappa shape index (κ1) is 15.2. The molecule has 4 nitrogen and oxygen atoms in total. The standard InChI is InChI=1S/C15H32N4/c1-3-18-10-6-15(14-16,7-11-18)17(2)12-13-19-8-4-5-9-19/h3-14,16H2,1-2H3. The second-order valence-corrected chi connectivity index (χ2v) is 6.33. The van der Waals surface area contributed by atoms with Crippen LogP contribution < -0.4 is 5.73 Å². The summed E-state index contributed by atoms with van der Waals surface area (Å²) in [6.45, 7) is 11.6. The number of nitrogens with zero attached hydrogens (tertiary/aromatic N) is 3. The van der Waals surface area contributed by atoms with Crippen molar-refractivity contribution >= 4 is 0 Å². The van der Waals surface area contributed by atoms with E-state index < -0.39 is 0 Å². The van der Waals surface area contributed by atoms with Crippen molar-refractivity contribution in [1.82, 2.24) is 14.7 Å². The third-order valence-electron chi connectivity index (χ3n) is 5.37. The van der Waals surface area contributed by atoms with Crippen LogP contribution in [0.5, 0.6) is 0 Å². The molecule has 4 heteroatoms. The van der Waals surface area contributed by atoms with E-state index in [1.54, 1.807) is 0 Å². The van der Waals surface area contributed by atoms with Crippen LogP contribution in [0, 0.1) is 0 Å². The van der Waals surface area contributed by atoms with Crippen LogP contribution in [-0.2, 0) is 0 Å². The van der Waals surface area contributed by atoms with Crippen molar-refractivity contribution in [2.45, 2.75) is 38.1 Å². The van der Waals surface area contributed by atoms with E-state index in [2.05, 4.69) is 28.7 Å². The fourth-order valence-corrected chi connectivity index (χ4v) is 3.56. The van der Waals surface area contributed by atoms with Gasteiger partial charge in [-0.15, -0.1) is 0 Å². The predicted molar refractivity (Wildman–Crippen MR) is 81.4 cm³/mol. The Morgan fingerprint density at radius 1 is 1.05 bits per heavy atom. The molecule has 0 saturated carbocycles. The molecule has 0 amide bonds. The molecule has 0 radical (unpaired) electrons. The van der Waals surface area contributed by atoms with Crippen LogP contribution in [0.4, 0.5) is 0 Å². The van der Waals surface area contributed by atoms with Crippen molar-refractivity contribution < 1.29 is 0 Å². The van der Waals surface area contributed by atoms with E-state index in [9.17, 15) is 0 Å². The normalized spacial score (nSPS) is 25.3. The first-order valence-corrected chi connectivity index (χ1v) is 8.06. The number of likely N-dealkylation sites (N-methyl/N-ethyl adjacent to an activating group) is 1. The summed E-state index contributed by atoms with van der Waals surface area (Å²) in [6, 6.07) is 0. The average molecular weight is 268 g/mol. The van der Waals surface area contributed by atoms with Crippen molar-refractivity contribution in [2.24, 2.45) is 5.73 Å². The van der Waals surface area contributed by atoms with Gasteiger partial charge in [-0.25, -0.2) is 0 Å². The Hall–Kier alpha value is -0.160. The molecule has 0 spiro atoms. The van der Waals surface area contributed by atoms with Gasteiger partial charge in [-0.1, -0.05) is 6.92 Å². The van der Waals surface area contributed by atoms with Gasteiger partial charge in [0.2, 0.25) is 0 Å². The van der Waals surface area contributed by atoms with Crippen molar-refractivity contribution in [3.8, 4) is 0 Å². The fourth-order valence-electron chi connectivity index (χ4n) is 3.56. The molecule has 0 aliphatic carbocycles. The van der Waals surface area contributed by atoms with Gasteiger partial charge in [0.25, 0.3) is 0 Å². The molecule has 0 aromatic heterocycles. The summed E-state index contributed by atoms with van der Waals surface area (Å²) in [5, 5.41) is 0. The van der Waals surface area contributed by atoms with Crippen LogP contribution >= 0.6 is 0 Å². The third-order valence-corrected chi connectivity index (χ3v) is 5.37. The van der Waals surface area contributed by atoms with Gasteiger partial charge in [0, 0.05) is 25.2 Å². The maximum atomic E-state index is 6.14. The summed E-state index contributed by atoms with van der Waals surface area (Å²) in [7, 11) is 2.28. The fraction of sp³-hybridized carbons (Fsp3) is 1.00. The number of piperidine rings is 1. The lowest BCUT2D eigenvalue weighted by Gasteiger charge is -2.47. The molecule has 2 heterocycles. The Balaban J connectivity index is 1.82. The van der Waals surface area contributed by atoms with E-state index in [-0.39, 0.29) is 5.54 Å². The molecular formula is C15H32N4. The summed E-state index contributed by atoms with van der Waals surface area (Å²) >= 11 is 0. The summed E-state index contributed by atoms with van der Waals surface area (Å²) in [5.74, 6) is 0. The molecular weight excluding hydrogens is 236 g/mol. The Morgan fingerprint density at radius 2 is 1.68 bits per heavy atom. The highest BCUT2D eigenvalue weighted by molar-refractivity contribution is 4.95. The van der Waals surface area contributed by atoms with Crippen molar-refractivity contribution in [2.75, 3.05) is 59.4 Å². The predicted octanol–water partition coefficient (Wildman–Crippen LogP) is 0.827. The topological polar surface area (TPSA) is 35.7 Å². The SMILES string of the molecule is CCN1CCC(CN)(N(C)CCN2CCCC2)CC1. The highest BCUT2D eigenvalue weighted by atomic mass is 15.3. The van der Waals surface area contributed by atoms with Crippen LogP contribution in [0.3, 0.4) is 0 Å². The van der Waals surface area contributed by atoms with E-state index in [1.165, 1.54) is 71.5 Å². The summed E-state index contributed by atoms with van der Waals surface area (Å²) in [5.41, 5.74) is 6.39. The molecule has 112 valence electrons. The van der Waals surface area contributed by atoms with E-state index in [4.69, 9.17) is 5.73 Å². The molecule has 0 unspecified atom stereocenters. The van der Waals surface area contributed by atoms with Crippen LogP contribution in [0.25, 0.3) is 0 Å². The zero-order chi connectivity index (χ0) is 13.7. The van der Waals surface area contributed by atoms with E-state index in [0.717, 1.165) is 6.54 Å². The van der Waals surface area contributed by atoms with Gasteiger partial charge in [-0.2, -0.15) is 0 Å². The minimum absolute atomic E-state index is 0.255. The Labute approximate surface area is 118 Å². The minimum atomic E-state index is 0.255. The summed E-state index contributed by atoms with van der Waals surface area (Å²) in [6.07, 6.45) is 5.23. The molecule has 0 aromatic rings. The number of likely N-dealkylation sites (tertiary alicyclic amines) is 2. The zero-order valence-electron chi connectivity index (χ0n) is 12.9. The maximum absolute atomic E-state index is 6.14. The third kappa shape index (κ3) is 3.69. The van der Waals surface area contributed by atoms with Crippen molar-refractivity contribution in [1.29, 1.82) is 0 Å². The molecule has 2 aliphatic heterocycles. The molecule has 19 heavy (non-hydrogen) atoms. The number of rotatable bonds is 6. The molecule has 2 N–H and O–H groups in total. The molecule has 0 bridgehead atoms. The van der Waals surface area contributed by atoms with E-state index >= 15 is 0 Å². The zero-order valence-corrected chi connectivity index (χ0v) is 12.9. The van der Waals surface area contributed by atoms with Gasteiger partial charge in [0.15, 0.2) is 0 Å². The molecule has 0 aromatic carbocycles. The highest BCUT2D eigenvalue weighted by Crippen LogP contribution is 2.27. The van der Waals surface area contributed by atoms with Gasteiger partial charge >= 0.3 is 0 Å². The molecule has 2 saturated heterocycles. The Kier molecular flexibility index (Phi) is 5.63. The van der Waals surface area contributed by atoms with E-state index in [0.29, 0.717) is 0 Å². The van der Waals surface area contributed by atoms with Gasteiger partial charge in [0.1, 0.15) is 0 Å². The summed E-state index contributed by atoms with van der Waals surface area (Å²) < 4.78 is 0. The van der Waals surface area contributed by atoms with Crippen LogP contribution in [0.2, 0.25) is 0 Å². The van der Waals surface area contributed by atoms with Gasteiger partial charge in [-0.3, -0.25) is 4.90 Å². The van der Waals surface area contributed by atoms with Gasteiger partial charge in [-0.05, 0) is 65.5 Å². The van der Waals surface area contributed by atoms with Crippen LogP contribution in [-0.4, -0.2) is 79.6 Å². The van der Waals surface area contributed by atoms with Crippen LogP contribution in [0.15, 0.2) is 0 Å². The first-order chi connectivity index (χ1) is 9.20. The Morgan fingerprint density at radius 3 is 2.21 bits per heavy atom. The smallest absolute Gasteiger partial charge is 0.0353 e. The molecule has 0 atom stereocenters. The second kappa shape index (κ2) is 7.02. The highest BCUT2D eigenvalue weighted by Gasteiger charge is 2.36. The Bertz CT molecular complexity index is 255. The minimum Gasteiger partial charge on any atom is -0.329 e. The molecule has 2 fully saturated rings. The number of hydrogen-bond donors (Lipinski definition) is 1. The lowest BCUT2D eigenvalue weighted by molar-refractivity contribution is 0.0419. The van der Waals surface area contributed by atoms with Crippen molar-refractivity contribution in [3.63, 3.8) is 0 Å². The maximum Gasteiger partial charge on any atom is 0.0353 e. The number of nitrogens with two attached hydrogens (primary N) is 1. The average Bonchev–Trinajstić information content (AvgIpc) is 2.98. The van der Waals surface area contributed by atoms with Crippen molar-refractivity contribution in [3.05, 3.63) is 0 Å². The quantitative estimate of drug-likeness (QED) is 0.774. The summed E-state index contributed by atoms with van der Waals surface area (Å²) in [4.78, 5) is 7.70. The van der Waals surface area contributed by atoms with E-state index in [1.807, 2.05) is 0 Å². The second-order valence-electron chi connectivity index (χ2n) is 6.33.